The monoisotopic (exact) mass is 315 g/mol. The van der Waals surface area contributed by atoms with Gasteiger partial charge in [0.15, 0.2) is 0 Å². The molecule has 0 saturated carbocycles. The molecule has 3 rings (SSSR count). The molecule has 0 atom stereocenters. The molecule has 3 heterocycles. The summed E-state index contributed by atoms with van der Waals surface area (Å²) < 4.78 is 5.28. The highest BCUT2D eigenvalue weighted by Crippen LogP contribution is 2.15. The second-order valence-electron chi connectivity index (χ2n) is 5.77. The number of carbonyl (C=O) groups excluding carboxylic acids is 1. The van der Waals surface area contributed by atoms with Crippen LogP contribution in [0.25, 0.3) is 0 Å². The third kappa shape index (κ3) is 3.97. The van der Waals surface area contributed by atoms with Gasteiger partial charge >= 0.3 is 0 Å². The van der Waals surface area contributed by atoms with Gasteiger partial charge in [0.2, 0.25) is 5.91 Å². The van der Waals surface area contributed by atoms with Crippen LogP contribution in [0.5, 0.6) is 0 Å². The third-order valence-corrected chi connectivity index (χ3v) is 4.32. The fourth-order valence-corrected chi connectivity index (χ4v) is 2.91. The second-order valence-corrected chi connectivity index (χ2v) is 5.77. The van der Waals surface area contributed by atoms with Crippen LogP contribution in [0, 0.1) is 11.3 Å². The summed E-state index contributed by atoms with van der Waals surface area (Å²) in [5.74, 6) is 0.196. The lowest BCUT2D eigenvalue weighted by Gasteiger charge is -2.37. The average molecular weight is 315 g/mol. The number of rotatable bonds is 3. The van der Waals surface area contributed by atoms with E-state index in [0.717, 1.165) is 31.9 Å². The number of nitriles is 1. The molecule has 0 spiro atoms. The van der Waals surface area contributed by atoms with Crippen LogP contribution in [0.4, 0.5) is 5.69 Å². The fourth-order valence-electron chi connectivity index (χ4n) is 2.91. The maximum Gasteiger partial charge on any atom is 0.236 e. The van der Waals surface area contributed by atoms with Crippen LogP contribution in [0.3, 0.4) is 0 Å². The Hall–Kier alpha value is -2.17. The molecule has 2 fully saturated rings. The van der Waals surface area contributed by atoms with Crippen molar-refractivity contribution in [3.8, 4) is 6.07 Å². The Labute approximate surface area is 136 Å². The lowest BCUT2D eigenvalue weighted by atomic mass is 10.2. The van der Waals surface area contributed by atoms with E-state index in [1.165, 1.54) is 0 Å². The molecule has 0 aliphatic carbocycles. The Morgan fingerprint density at radius 1 is 1.17 bits per heavy atom. The molecular weight excluding hydrogens is 294 g/mol. The number of nitrogens with zero attached hydrogens (tertiary/aromatic N) is 5. The summed E-state index contributed by atoms with van der Waals surface area (Å²) in [4.78, 5) is 22.7. The first kappa shape index (κ1) is 15.7. The molecule has 1 aromatic rings. The van der Waals surface area contributed by atoms with Gasteiger partial charge in [-0.2, -0.15) is 5.26 Å². The van der Waals surface area contributed by atoms with E-state index in [1.54, 1.807) is 12.3 Å². The number of aromatic nitrogens is 1. The van der Waals surface area contributed by atoms with Crippen LogP contribution in [-0.2, 0) is 9.53 Å². The summed E-state index contributed by atoms with van der Waals surface area (Å²) in [5, 5.41) is 8.79. The molecule has 0 N–H and O–H groups in total. The van der Waals surface area contributed by atoms with Gasteiger partial charge in [0.25, 0.3) is 0 Å². The first-order chi connectivity index (χ1) is 11.3. The van der Waals surface area contributed by atoms with Crippen molar-refractivity contribution in [3.63, 3.8) is 0 Å². The van der Waals surface area contributed by atoms with Gasteiger partial charge in [-0.15, -0.1) is 0 Å². The van der Waals surface area contributed by atoms with Crippen molar-refractivity contribution in [2.45, 2.75) is 0 Å². The largest absolute Gasteiger partial charge is 0.378 e. The number of ether oxygens (including phenoxy) is 1. The molecular formula is C16H21N5O2. The van der Waals surface area contributed by atoms with Gasteiger partial charge in [-0.1, -0.05) is 0 Å². The Bertz CT molecular complexity index is 569. The van der Waals surface area contributed by atoms with E-state index in [1.807, 2.05) is 17.0 Å². The molecule has 7 heteroatoms. The van der Waals surface area contributed by atoms with Gasteiger partial charge in [0, 0.05) is 39.3 Å². The van der Waals surface area contributed by atoms with Gasteiger partial charge < -0.3 is 14.5 Å². The first-order valence-electron chi connectivity index (χ1n) is 7.95. The molecule has 7 nitrogen and oxygen atoms in total. The molecule has 0 radical (unpaired) electrons. The van der Waals surface area contributed by atoms with Crippen LogP contribution < -0.4 is 4.90 Å². The number of hydrogen-bond donors (Lipinski definition) is 0. The number of carbonyl (C=O) groups is 1. The molecule has 1 aromatic heterocycles. The van der Waals surface area contributed by atoms with Crippen molar-refractivity contribution in [1.29, 1.82) is 5.26 Å². The van der Waals surface area contributed by atoms with Gasteiger partial charge in [-0.25, -0.2) is 4.98 Å². The standard InChI is InChI=1S/C16H21N5O2/c17-11-14-1-2-15(12-18-14)20-5-3-19(4-6-20)13-16(22)21-7-9-23-10-8-21/h1-2,12H,3-10,13H2. The van der Waals surface area contributed by atoms with E-state index in [-0.39, 0.29) is 5.91 Å². The smallest absolute Gasteiger partial charge is 0.236 e. The predicted octanol–water partition coefficient (Wildman–Crippen LogP) is -0.0659. The number of piperazine rings is 1. The molecule has 122 valence electrons. The Morgan fingerprint density at radius 2 is 1.91 bits per heavy atom. The predicted molar refractivity (Wildman–Crippen MR) is 85.0 cm³/mol. The summed E-state index contributed by atoms with van der Waals surface area (Å²) in [6, 6.07) is 5.70. The summed E-state index contributed by atoms with van der Waals surface area (Å²) in [5.41, 5.74) is 1.46. The van der Waals surface area contributed by atoms with Crippen molar-refractivity contribution in [3.05, 3.63) is 24.0 Å². The van der Waals surface area contributed by atoms with Crippen molar-refractivity contribution >= 4 is 11.6 Å². The number of anilines is 1. The zero-order chi connectivity index (χ0) is 16.1. The van der Waals surface area contributed by atoms with Crippen molar-refractivity contribution in [2.24, 2.45) is 0 Å². The Balaban J connectivity index is 1.48. The molecule has 1 amide bonds. The average Bonchev–Trinajstić information content (AvgIpc) is 2.63. The van der Waals surface area contributed by atoms with E-state index in [9.17, 15) is 4.79 Å². The number of hydrogen-bond acceptors (Lipinski definition) is 6. The zero-order valence-electron chi connectivity index (χ0n) is 13.1. The summed E-state index contributed by atoms with van der Waals surface area (Å²) in [6.07, 6.45) is 1.74. The molecule has 2 aliphatic rings. The molecule has 23 heavy (non-hydrogen) atoms. The summed E-state index contributed by atoms with van der Waals surface area (Å²) in [7, 11) is 0. The Kier molecular flexibility index (Phi) is 5.05. The normalized spacial score (nSPS) is 19.4. The van der Waals surface area contributed by atoms with Gasteiger partial charge in [-0.3, -0.25) is 9.69 Å². The minimum Gasteiger partial charge on any atom is -0.378 e. The van der Waals surface area contributed by atoms with E-state index in [2.05, 4.69) is 14.8 Å². The summed E-state index contributed by atoms with van der Waals surface area (Å²) in [6.45, 7) is 6.63. The highest BCUT2D eigenvalue weighted by atomic mass is 16.5. The highest BCUT2D eigenvalue weighted by Gasteiger charge is 2.23. The van der Waals surface area contributed by atoms with Gasteiger partial charge in [0.1, 0.15) is 11.8 Å². The first-order valence-corrected chi connectivity index (χ1v) is 7.95. The van der Waals surface area contributed by atoms with Crippen molar-refractivity contribution in [2.75, 3.05) is 63.9 Å². The van der Waals surface area contributed by atoms with Crippen LogP contribution in [-0.4, -0.2) is 79.7 Å². The van der Waals surface area contributed by atoms with Crippen LogP contribution in [0.15, 0.2) is 18.3 Å². The lowest BCUT2D eigenvalue weighted by molar-refractivity contribution is -0.136. The van der Waals surface area contributed by atoms with Crippen molar-refractivity contribution in [1.82, 2.24) is 14.8 Å². The maximum absolute atomic E-state index is 12.3. The minimum atomic E-state index is 0.196. The van der Waals surface area contributed by atoms with Crippen LogP contribution >= 0.6 is 0 Å². The molecule has 0 aromatic carbocycles. The SMILES string of the molecule is N#Cc1ccc(N2CCN(CC(=O)N3CCOCC3)CC2)cn1. The topological polar surface area (TPSA) is 72.7 Å². The quantitative estimate of drug-likeness (QED) is 0.778. The fraction of sp³-hybridized carbons (Fsp3) is 0.562. The summed E-state index contributed by atoms with van der Waals surface area (Å²) >= 11 is 0. The number of pyridine rings is 1. The highest BCUT2D eigenvalue weighted by molar-refractivity contribution is 5.78. The number of morpholine rings is 1. The molecule has 0 bridgehead atoms. The molecule has 0 unspecified atom stereocenters. The molecule has 2 saturated heterocycles. The van der Waals surface area contributed by atoms with Gasteiger partial charge in [-0.05, 0) is 12.1 Å². The molecule has 2 aliphatic heterocycles. The van der Waals surface area contributed by atoms with Crippen molar-refractivity contribution < 1.29 is 9.53 Å². The van der Waals surface area contributed by atoms with Crippen LogP contribution in [0.1, 0.15) is 5.69 Å². The third-order valence-electron chi connectivity index (χ3n) is 4.32. The van der Waals surface area contributed by atoms with E-state index >= 15 is 0 Å². The number of amides is 1. The van der Waals surface area contributed by atoms with E-state index in [0.29, 0.717) is 38.5 Å². The Morgan fingerprint density at radius 3 is 2.52 bits per heavy atom. The second kappa shape index (κ2) is 7.40. The minimum absolute atomic E-state index is 0.196. The van der Waals surface area contributed by atoms with Gasteiger partial charge in [0.05, 0.1) is 31.6 Å². The lowest BCUT2D eigenvalue weighted by Crippen LogP contribution is -2.51. The van der Waals surface area contributed by atoms with E-state index < -0.39 is 0 Å². The van der Waals surface area contributed by atoms with E-state index in [4.69, 9.17) is 10.00 Å². The van der Waals surface area contributed by atoms with Crippen LogP contribution in [0.2, 0.25) is 0 Å². The zero-order valence-corrected chi connectivity index (χ0v) is 13.1. The maximum atomic E-state index is 12.3.